The molecule has 1 N–H and O–H groups in total. The molecule has 32 heavy (non-hydrogen) atoms. The Balaban J connectivity index is 1.75. The summed E-state index contributed by atoms with van der Waals surface area (Å²) in [7, 11) is 0. The molecule has 1 atom stereocenters. The van der Waals surface area contributed by atoms with Crippen LogP contribution in [0.15, 0.2) is 72.8 Å². The zero-order valence-corrected chi connectivity index (χ0v) is 18.2. The first-order valence-electron chi connectivity index (χ1n) is 9.59. The van der Waals surface area contributed by atoms with Crippen molar-refractivity contribution in [3.63, 3.8) is 0 Å². The number of halogens is 3. The van der Waals surface area contributed by atoms with Crippen molar-refractivity contribution < 1.29 is 23.5 Å². The maximum Gasteiger partial charge on any atom is 0.329 e. The molecule has 164 valence electrons. The van der Waals surface area contributed by atoms with Gasteiger partial charge in [-0.1, -0.05) is 59.6 Å². The number of anilines is 1. The molecule has 0 radical (unpaired) electrons. The zero-order chi connectivity index (χ0) is 23.1. The molecule has 3 aromatic carbocycles. The zero-order valence-electron chi connectivity index (χ0n) is 16.7. The van der Waals surface area contributed by atoms with Gasteiger partial charge in [0.15, 0.2) is 18.2 Å². The fourth-order valence-electron chi connectivity index (χ4n) is 2.88. The highest BCUT2D eigenvalue weighted by Crippen LogP contribution is 2.30. The van der Waals surface area contributed by atoms with Gasteiger partial charge in [0.25, 0.3) is 0 Å². The van der Waals surface area contributed by atoms with Crippen LogP contribution in [0.2, 0.25) is 10.0 Å². The van der Waals surface area contributed by atoms with Crippen LogP contribution in [0, 0.1) is 5.82 Å². The second kappa shape index (κ2) is 10.9. The highest BCUT2D eigenvalue weighted by atomic mass is 35.5. The molecule has 0 aromatic heterocycles. The SMILES string of the molecule is O=C(COC(=O)[C@H](CC(=O)c1ccccc1)Nc1cccc(Cl)c1Cl)c1ccc(F)cc1. The Kier molecular flexibility index (Phi) is 7.98. The second-order valence-electron chi connectivity index (χ2n) is 6.83. The number of benzene rings is 3. The van der Waals surface area contributed by atoms with Crippen LogP contribution in [0.4, 0.5) is 10.1 Å². The van der Waals surface area contributed by atoms with Gasteiger partial charge in [-0.05, 0) is 36.4 Å². The highest BCUT2D eigenvalue weighted by molar-refractivity contribution is 6.43. The lowest BCUT2D eigenvalue weighted by atomic mass is 10.0. The summed E-state index contributed by atoms with van der Waals surface area (Å²) >= 11 is 12.2. The minimum absolute atomic E-state index is 0.182. The number of esters is 1. The number of hydrogen-bond donors (Lipinski definition) is 1. The third kappa shape index (κ3) is 6.15. The van der Waals surface area contributed by atoms with E-state index in [4.69, 9.17) is 27.9 Å². The summed E-state index contributed by atoms with van der Waals surface area (Å²) in [5.74, 6) is -2.11. The van der Waals surface area contributed by atoms with Crippen molar-refractivity contribution in [1.29, 1.82) is 0 Å². The number of carbonyl (C=O) groups excluding carboxylic acids is 3. The van der Waals surface area contributed by atoms with Crippen LogP contribution in [-0.4, -0.2) is 30.2 Å². The lowest BCUT2D eigenvalue weighted by Crippen LogP contribution is -2.35. The molecule has 5 nitrogen and oxygen atoms in total. The van der Waals surface area contributed by atoms with Crippen molar-refractivity contribution in [1.82, 2.24) is 0 Å². The van der Waals surface area contributed by atoms with E-state index in [1.54, 1.807) is 48.5 Å². The summed E-state index contributed by atoms with van der Waals surface area (Å²) in [4.78, 5) is 37.7. The van der Waals surface area contributed by atoms with E-state index in [2.05, 4.69) is 5.32 Å². The lowest BCUT2D eigenvalue weighted by Gasteiger charge is -2.19. The fraction of sp³-hybridized carbons (Fsp3) is 0.125. The molecule has 0 saturated heterocycles. The summed E-state index contributed by atoms with van der Waals surface area (Å²) in [6.07, 6.45) is -0.240. The lowest BCUT2D eigenvalue weighted by molar-refractivity contribution is -0.143. The predicted molar refractivity (Wildman–Crippen MR) is 121 cm³/mol. The molecule has 3 aromatic rings. The van der Waals surface area contributed by atoms with E-state index in [0.29, 0.717) is 11.3 Å². The van der Waals surface area contributed by atoms with Crippen molar-refractivity contribution in [3.8, 4) is 0 Å². The van der Waals surface area contributed by atoms with Gasteiger partial charge in [-0.25, -0.2) is 9.18 Å². The molecular weight excluding hydrogens is 456 g/mol. The van der Waals surface area contributed by atoms with Crippen LogP contribution >= 0.6 is 23.2 Å². The Hall–Kier alpha value is -3.22. The van der Waals surface area contributed by atoms with Gasteiger partial charge < -0.3 is 10.1 Å². The average molecular weight is 474 g/mol. The van der Waals surface area contributed by atoms with Gasteiger partial charge in [0.1, 0.15) is 11.9 Å². The van der Waals surface area contributed by atoms with E-state index in [0.717, 1.165) is 12.1 Å². The Morgan fingerprint density at radius 3 is 2.19 bits per heavy atom. The van der Waals surface area contributed by atoms with Crippen molar-refractivity contribution in [2.45, 2.75) is 12.5 Å². The largest absolute Gasteiger partial charge is 0.456 e. The number of hydrogen-bond acceptors (Lipinski definition) is 5. The minimum Gasteiger partial charge on any atom is -0.456 e. The fourth-order valence-corrected chi connectivity index (χ4v) is 3.24. The number of nitrogens with one attached hydrogen (secondary N) is 1. The maximum atomic E-state index is 13.0. The van der Waals surface area contributed by atoms with Crippen LogP contribution in [-0.2, 0) is 9.53 Å². The Morgan fingerprint density at radius 1 is 0.844 bits per heavy atom. The molecule has 0 aliphatic carbocycles. The first-order chi connectivity index (χ1) is 15.3. The van der Waals surface area contributed by atoms with Gasteiger partial charge in [-0.2, -0.15) is 0 Å². The smallest absolute Gasteiger partial charge is 0.329 e. The predicted octanol–water partition coefficient (Wildman–Crippen LogP) is 5.61. The molecule has 0 bridgehead atoms. The molecule has 0 saturated carbocycles. The van der Waals surface area contributed by atoms with Gasteiger partial charge in [-0.3, -0.25) is 9.59 Å². The third-order valence-electron chi connectivity index (χ3n) is 4.56. The van der Waals surface area contributed by atoms with E-state index in [1.807, 2.05) is 0 Å². The van der Waals surface area contributed by atoms with Gasteiger partial charge in [0, 0.05) is 17.5 Å². The van der Waals surface area contributed by atoms with Crippen molar-refractivity contribution in [2.75, 3.05) is 11.9 Å². The number of rotatable bonds is 9. The monoisotopic (exact) mass is 473 g/mol. The Labute approximate surface area is 194 Å². The summed E-state index contributed by atoms with van der Waals surface area (Å²) < 4.78 is 18.2. The number of carbonyl (C=O) groups is 3. The Bertz CT molecular complexity index is 1120. The van der Waals surface area contributed by atoms with Crippen molar-refractivity contribution >= 4 is 46.4 Å². The number of ketones is 2. The van der Waals surface area contributed by atoms with Gasteiger partial charge in [-0.15, -0.1) is 0 Å². The van der Waals surface area contributed by atoms with Crippen LogP contribution in [0.5, 0.6) is 0 Å². The average Bonchev–Trinajstić information content (AvgIpc) is 2.80. The molecule has 0 heterocycles. The minimum atomic E-state index is -1.13. The van der Waals surface area contributed by atoms with E-state index in [-0.39, 0.29) is 27.8 Å². The molecule has 0 aliphatic rings. The maximum absolute atomic E-state index is 13.0. The molecule has 0 amide bonds. The van der Waals surface area contributed by atoms with Crippen molar-refractivity contribution in [2.24, 2.45) is 0 Å². The van der Waals surface area contributed by atoms with Crippen LogP contribution < -0.4 is 5.32 Å². The van der Waals surface area contributed by atoms with E-state index >= 15 is 0 Å². The molecule has 3 rings (SSSR count). The van der Waals surface area contributed by atoms with Gasteiger partial charge >= 0.3 is 5.97 Å². The first-order valence-corrected chi connectivity index (χ1v) is 10.3. The summed E-state index contributed by atoms with van der Waals surface area (Å²) in [6, 6.07) is 17.0. The van der Waals surface area contributed by atoms with E-state index in [9.17, 15) is 18.8 Å². The Morgan fingerprint density at radius 2 is 1.50 bits per heavy atom. The molecule has 8 heteroatoms. The number of ether oxygens (including phenoxy) is 1. The van der Waals surface area contributed by atoms with Crippen LogP contribution in [0.25, 0.3) is 0 Å². The summed E-state index contributed by atoms with van der Waals surface area (Å²) in [5.41, 5.74) is 0.959. The van der Waals surface area contributed by atoms with Crippen LogP contribution in [0.1, 0.15) is 27.1 Å². The van der Waals surface area contributed by atoms with E-state index < -0.39 is 30.2 Å². The molecule has 0 aliphatic heterocycles. The van der Waals surface area contributed by atoms with Gasteiger partial charge in [0.05, 0.1) is 15.7 Å². The summed E-state index contributed by atoms with van der Waals surface area (Å²) in [5, 5.41) is 3.34. The molecule has 0 fully saturated rings. The topological polar surface area (TPSA) is 72.5 Å². The molecule has 0 unspecified atom stereocenters. The second-order valence-corrected chi connectivity index (χ2v) is 7.61. The standard InChI is InChI=1S/C24H18Cl2FNO4/c25-18-7-4-8-19(23(18)26)28-20(13-21(29)15-5-2-1-3-6-15)24(31)32-14-22(30)16-9-11-17(27)12-10-16/h1-12,20,28H,13-14H2/t20-/m0/s1. The molecule has 0 spiro atoms. The first kappa shape index (κ1) is 23.4. The normalized spacial score (nSPS) is 11.5. The summed E-state index contributed by atoms with van der Waals surface area (Å²) in [6.45, 7) is -0.564. The van der Waals surface area contributed by atoms with Crippen molar-refractivity contribution in [3.05, 3.63) is 99.8 Å². The van der Waals surface area contributed by atoms with Crippen LogP contribution in [0.3, 0.4) is 0 Å². The highest BCUT2D eigenvalue weighted by Gasteiger charge is 2.26. The molecular formula is C24H18Cl2FNO4. The van der Waals surface area contributed by atoms with Gasteiger partial charge in [0.2, 0.25) is 0 Å². The quantitative estimate of drug-likeness (QED) is 0.322. The number of Topliss-reactive ketones (excluding diaryl/α,β-unsaturated/α-hetero) is 2. The third-order valence-corrected chi connectivity index (χ3v) is 5.38. The van der Waals surface area contributed by atoms with E-state index in [1.165, 1.54) is 12.1 Å².